The van der Waals surface area contributed by atoms with Crippen molar-refractivity contribution in [1.82, 2.24) is 4.90 Å². The van der Waals surface area contributed by atoms with Gasteiger partial charge in [0.2, 0.25) is 0 Å². The minimum Gasteiger partial charge on any atom is -0.497 e. The second-order valence-electron chi connectivity index (χ2n) is 7.67. The number of nitrogens with zero attached hydrogens (tertiary/aromatic N) is 2. The largest absolute Gasteiger partial charge is 0.497 e. The van der Waals surface area contributed by atoms with Gasteiger partial charge in [-0.3, -0.25) is 9.69 Å². The van der Waals surface area contributed by atoms with Crippen molar-refractivity contribution in [3.05, 3.63) is 53.6 Å². The molecule has 2 aromatic carbocycles. The van der Waals surface area contributed by atoms with E-state index < -0.39 is 5.97 Å². The zero-order valence-corrected chi connectivity index (χ0v) is 17.6. The Morgan fingerprint density at radius 1 is 1.14 bits per heavy atom. The van der Waals surface area contributed by atoms with Gasteiger partial charge in [-0.1, -0.05) is 12.1 Å². The first-order valence-electron chi connectivity index (χ1n) is 9.90. The molecule has 1 heterocycles. The summed E-state index contributed by atoms with van der Waals surface area (Å²) in [6.45, 7) is 1.35. The highest BCUT2D eigenvalue weighted by molar-refractivity contribution is 5.70. The van der Waals surface area contributed by atoms with E-state index in [0.29, 0.717) is 13.0 Å². The Labute approximate surface area is 172 Å². The summed E-state index contributed by atoms with van der Waals surface area (Å²) in [5.41, 5.74) is 3.20. The van der Waals surface area contributed by atoms with Crippen LogP contribution in [0.25, 0.3) is 0 Å². The highest BCUT2D eigenvalue weighted by Crippen LogP contribution is 2.39. The Hall–Kier alpha value is -2.73. The van der Waals surface area contributed by atoms with Gasteiger partial charge in [-0.25, -0.2) is 0 Å². The number of carboxylic acid groups (broad SMARTS) is 1. The van der Waals surface area contributed by atoms with Crippen LogP contribution in [0.3, 0.4) is 0 Å². The molecule has 29 heavy (non-hydrogen) atoms. The molecule has 0 aliphatic carbocycles. The highest BCUT2D eigenvalue weighted by atomic mass is 16.5. The van der Waals surface area contributed by atoms with E-state index in [-0.39, 0.29) is 12.0 Å². The Balaban J connectivity index is 2.08. The van der Waals surface area contributed by atoms with Crippen molar-refractivity contribution in [1.29, 1.82) is 0 Å². The third-order valence-electron chi connectivity index (χ3n) is 5.62. The number of hydrogen-bond acceptors (Lipinski definition) is 5. The molecular formula is C23H30N2O4. The summed E-state index contributed by atoms with van der Waals surface area (Å²) in [4.78, 5) is 16.0. The summed E-state index contributed by atoms with van der Waals surface area (Å²) >= 11 is 0. The molecule has 0 saturated carbocycles. The van der Waals surface area contributed by atoms with Crippen molar-refractivity contribution in [2.45, 2.75) is 18.9 Å². The molecule has 6 nitrogen and oxygen atoms in total. The molecule has 1 aliphatic heterocycles. The van der Waals surface area contributed by atoms with Crippen molar-refractivity contribution in [3.63, 3.8) is 0 Å². The van der Waals surface area contributed by atoms with Crippen molar-refractivity contribution >= 4 is 11.7 Å². The van der Waals surface area contributed by atoms with Crippen LogP contribution in [-0.4, -0.2) is 57.4 Å². The summed E-state index contributed by atoms with van der Waals surface area (Å²) in [7, 11) is 7.33. The van der Waals surface area contributed by atoms with Crippen LogP contribution >= 0.6 is 0 Å². The van der Waals surface area contributed by atoms with Gasteiger partial charge in [0.1, 0.15) is 11.5 Å². The maximum Gasteiger partial charge on any atom is 0.307 e. The molecule has 1 aliphatic rings. The Morgan fingerprint density at radius 3 is 2.45 bits per heavy atom. The summed E-state index contributed by atoms with van der Waals surface area (Å²) in [5.74, 6) is 0.436. The lowest BCUT2D eigenvalue weighted by molar-refractivity contribution is -0.143. The van der Waals surface area contributed by atoms with Gasteiger partial charge in [-0.05, 0) is 55.3 Å². The van der Waals surface area contributed by atoms with Crippen LogP contribution in [0.4, 0.5) is 5.69 Å². The number of anilines is 1. The number of likely N-dealkylation sites (tertiary alicyclic amines) is 1. The predicted molar refractivity (Wildman–Crippen MR) is 114 cm³/mol. The summed E-state index contributed by atoms with van der Waals surface area (Å²) in [6, 6.07) is 14.1. The zero-order chi connectivity index (χ0) is 21.0. The fourth-order valence-electron chi connectivity index (χ4n) is 4.04. The molecule has 1 fully saturated rings. The molecule has 0 radical (unpaired) electrons. The van der Waals surface area contributed by atoms with Gasteiger partial charge in [-0.15, -0.1) is 0 Å². The van der Waals surface area contributed by atoms with E-state index >= 15 is 0 Å². The molecule has 1 N–H and O–H groups in total. The van der Waals surface area contributed by atoms with E-state index in [4.69, 9.17) is 9.47 Å². The lowest BCUT2D eigenvalue weighted by atomic mass is 9.90. The van der Waals surface area contributed by atoms with Crippen molar-refractivity contribution in [2.24, 2.45) is 5.92 Å². The summed E-state index contributed by atoms with van der Waals surface area (Å²) in [6.07, 6.45) is 1.57. The number of piperidine rings is 1. The minimum absolute atomic E-state index is 0.113. The van der Waals surface area contributed by atoms with E-state index in [0.717, 1.165) is 41.3 Å². The SMILES string of the molecule is COc1ccc(OC)c(C(c2ccc(N(C)C)cc2)N2CCCC(C(=O)O)C2)c1. The first-order chi connectivity index (χ1) is 13.9. The topological polar surface area (TPSA) is 62.2 Å². The quantitative estimate of drug-likeness (QED) is 0.768. The molecule has 2 aromatic rings. The fraction of sp³-hybridized carbons (Fsp3) is 0.435. The second-order valence-corrected chi connectivity index (χ2v) is 7.67. The van der Waals surface area contributed by atoms with E-state index in [1.54, 1.807) is 14.2 Å². The molecule has 6 heteroatoms. The number of carboxylic acids is 1. The molecule has 0 spiro atoms. The average Bonchev–Trinajstić information content (AvgIpc) is 2.74. The molecule has 0 aromatic heterocycles. The van der Waals surface area contributed by atoms with Gasteiger partial charge in [-0.2, -0.15) is 0 Å². The molecular weight excluding hydrogens is 368 g/mol. The maximum atomic E-state index is 11.7. The zero-order valence-electron chi connectivity index (χ0n) is 17.6. The van der Waals surface area contributed by atoms with Crippen LogP contribution in [0.15, 0.2) is 42.5 Å². The number of rotatable bonds is 7. The summed E-state index contributed by atoms with van der Waals surface area (Å²) < 4.78 is 11.1. The lowest BCUT2D eigenvalue weighted by Gasteiger charge is -2.38. The number of hydrogen-bond donors (Lipinski definition) is 1. The highest BCUT2D eigenvalue weighted by Gasteiger charge is 2.32. The molecule has 2 atom stereocenters. The van der Waals surface area contributed by atoms with Gasteiger partial charge in [0.15, 0.2) is 0 Å². The van der Waals surface area contributed by atoms with Crippen LogP contribution in [-0.2, 0) is 4.79 Å². The first-order valence-corrected chi connectivity index (χ1v) is 9.90. The fourth-order valence-corrected chi connectivity index (χ4v) is 4.04. The van der Waals surface area contributed by atoms with Crippen molar-refractivity contribution in [2.75, 3.05) is 46.3 Å². The first kappa shape index (κ1) is 21.0. The van der Waals surface area contributed by atoms with Crippen LogP contribution in [0.1, 0.15) is 30.0 Å². The Morgan fingerprint density at radius 2 is 1.86 bits per heavy atom. The summed E-state index contributed by atoms with van der Waals surface area (Å²) in [5, 5.41) is 9.58. The average molecular weight is 399 g/mol. The molecule has 2 unspecified atom stereocenters. The van der Waals surface area contributed by atoms with Crippen LogP contribution < -0.4 is 14.4 Å². The Kier molecular flexibility index (Phi) is 6.64. The molecule has 1 saturated heterocycles. The maximum absolute atomic E-state index is 11.7. The molecule has 156 valence electrons. The number of aliphatic carboxylic acids is 1. The lowest BCUT2D eigenvalue weighted by Crippen LogP contribution is -2.41. The van der Waals surface area contributed by atoms with E-state index in [1.807, 2.05) is 32.3 Å². The van der Waals surface area contributed by atoms with Gasteiger partial charge in [0, 0.05) is 31.9 Å². The number of carbonyl (C=O) groups is 1. The van der Waals surface area contributed by atoms with Gasteiger partial charge >= 0.3 is 5.97 Å². The van der Waals surface area contributed by atoms with Crippen molar-refractivity contribution in [3.8, 4) is 11.5 Å². The minimum atomic E-state index is -0.728. The van der Waals surface area contributed by atoms with Gasteiger partial charge in [0.25, 0.3) is 0 Å². The third-order valence-corrected chi connectivity index (χ3v) is 5.62. The molecule has 0 bridgehead atoms. The van der Waals surface area contributed by atoms with Crippen LogP contribution in [0.2, 0.25) is 0 Å². The van der Waals surface area contributed by atoms with E-state index in [2.05, 4.69) is 34.1 Å². The number of methoxy groups -OCH3 is 2. The Bertz CT molecular complexity index is 835. The molecule has 0 amide bonds. The smallest absolute Gasteiger partial charge is 0.307 e. The van der Waals surface area contributed by atoms with Crippen molar-refractivity contribution < 1.29 is 19.4 Å². The standard InChI is InChI=1S/C23H30N2O4/c1-24(2)18-9-7-16(8-10-18)22(25-13-5-6-17(15-25)23(26)27)20-14-19(28-3)11-12-21(20)29-4/h7-12,14,17,22H,5-6,13,15H2,1-4H3,(H,26,27). The third kappa shape index (κ3) is 4.65. The van der Waals surface area contributed by atoms with E-state index in [1.165, 1.54) is 0 Å². The van der Waals surface area contributed by atoms with E-state index in [9.17, 15) is 9.90 Å². The molecule has 3 rings (SSSR count). The van der Waals surface area contributed by atoms with Crippen LogP contribution in [0, 0.1) is 5.92 Å². The monoisotopic (exact) mass is 398 g/mol. The second kappa shape index (κ2) is 9.18. The van der Waals surface area contributed by atoms with Gasteiger partial charge < -0.3 is 19.5 Å². The predicted octanol–water partition coefficient (Wildman–Crippen LogP) is 3.66. The number of benzene rings is 2. The normalized spacial score (nSPS) is 18.1. The van der Waals surface area contributed by atoms with Crippen LogP contribution in [0.5, 0.6) is 11.5 Å². The number of ether oxygens (including phenoxy) is 2. The van der Waals surface area contributed by atoms with Gasteiger partial charge in [0.05, 0.1) is 26.2 Å².